The SMILES string of the molecule is CCCC(CC)C(=O)C(=O)NSCCCN1CCOCC1. The number of ether oxygens (including phenoxy) is 1. The quantitative estimate of drug-likeness (QED) is 0.379. The van der Waals surface area contributed by atoms with Gasteiger partial charge in [0.15, 0.2) is 0 Å². The summed E-state index contributed by atoms with van der Waals surface area (Å²) in [6.45, 7) is 8.63. The van der Waals surface area contributed by atoms with Gasteiger partial charge in [0.1, 0.15) is 0 Å². The monoisotopic (exact) mass is 316 g/mol. The van der Waals surface area contributed by atoms with E-state index in [-0.39, 0.29) is 11.7 Å². The molecule has 0 aliphatic carbocycles. The first-order chi connectivity index (χ1) is 10.2. The highest BCUT2D eigenvalue weighted by atomic mass is 32.2. The lowest BCUT2D eigenvalue weighted by Crippen LogP contribution is -2.37. The van der Waals surface area contributed by atoms with Gasteiger partial charge in [-0.3, -0.25) is 19.2 Å². The third kappa shape index (κ3) is 7.29. The highest BCUT2D eigenvalue weighted by Crippen LogP contribution is 2.12. The number of carbonyl (C=O) groups excluding carboxylic acids is 2. The molecule has 0 spiro atoms. The smallest absolute Gasteiger partial charge is 0.297 e. The molecule has 1 unspecified atom stereocenters. The lowest BCUT2D eigenvalue weighted by Gasteiger charge is -2.26. The highest BCUT2D eigenvalue weighted by Gasteiger charge is 2.22. The fourth-order valence-electron chi connectivity index (χ4n) is 2.41. The molecule has 1 amide bonds. The molecule has 21 heavy (non-hydrogen) atoms. The number of amides is 1. The van der Waals surface area contributed by atoms with Crippen molar-refractivity contribution in [1.82, 2.24) is 9.62 Å². The molecule has 1 aliphatic heterocycles. The summed E-state index contributed by atoms with van der Waals surface area (Å²) < 4.78 is 7.97. The van der Waals surface area contributed by atoms with Crippen LogP contribution in [0.3, 0.4) is 0 Å². The number of ketones is 1. The predicted molar refractivity (Wildman–Crippen MR) is 86.2 cm³/mol. The summed E-state index contributed by atoms with van der Waals surface area (Å²) in [4.78, 5) is 26.1. The fourth-order valence-corrected chi connectivity index (χ4v) is 3.01. The number of nitrogens with zero attached hydrogens (tertiary/aromatic N) is 1. The van der Waals surface area contributed by atoms with Crippen LogP contribution in [0.5, 0.6) is 0 Å². The Bertz CT molecular complexity index is 320. The molecule has 1 rings (SSSR count). The van der Waals surface area contributed by atoms with Crippen molar-refractivity contribution in [3.63, 3.8) is 0 Å². The number of rotatable bonds is 10. The molecule has 0 radical (unpaired) electrons. The molecule has 6 heteroatoms. The van der Waals surface area contributed by atoms with Crippen LogP contribution < -0.4 is 4.72 Å². The average Bonchev–Trinajstić information content (AvgIpc) is 2.52. The summed E-state index contributed by atoms with van der Waals surface area (Å²) in [7, 11) is 0. The van der Waals surface area contributed by atoms with Gasteiger partial charge in [-0.2, -0.15) is 0 Å². The van der Waals surface area contributed by atoms with Crippen molar-refractivity contribution < 1.29 is 14.3 Å². The maximum Gasteiger partial charge on any atom is 0.297 e. The van der Waals surface area contributed by atoms with Gasteiger partial charge in [-0.1, -0.05) is 32.2 Å². The Morgan fingerprint density at radius 1 is 1.29 bits per heavy atom. The number of nitrogens with one attached hydrogen (secondary N) is 1. The van der Waals surface area contributed by atoms with E-state index < -0.39 is 5.91 Å². The van der Waals surface area contributed by atoms with Crippen LogP contribution in [-0.4, -0.2) is 55.2 Å². The van der Waals surface area contributed by atoms with Gasteiger partial charge in [-0.25, -0.2) is 0 Å². The van der Waals surface area contributed by atoms with Gasteiger partial charge in [0.05, 0.1) is 13.2 Å². The van der Waals surface area contributed by atoms with Crippen LogP contribution in [0.1, 0.15) is 39.5 Å². The zero-order valence-corrected chi connectivity index (χ0v) is 14.0. The van der Waals surface area contributed by atoms with Crippen LogP contribution in [0.4, 0.5) is 0 Å². The minimum Gasteiger partial charge on any atom is -0.379 e. The predicted octanol–water partition coefficient (Wildman–Crippen LogP) is 1.87. The van der Waals surface area contributed by atoms with Gasteiger partial charge in [-0.15, -0.1) is 0 Å². The molecule has 122 valence electrons. The summed E-state index contributed by atoms with van der Waals surface area (Å²) in [5.41, 5.74) is 0. The molecule has 0 aromatic rings. The lowest BCUT2D eigenvalue weighted by molar-refractivity contribution is -0.139. The molecule has 1 N–H and O–H groups in total. The van der Waals surface area contributed by atoms with Crippen molar-refractivity contribution >= 4 is 23.6 Å². The zero-order valence-electron chi connectivity index (χ0n) is 13.2. The van der Waals surface area contributed by atoms with Crippen molar-refractivity contribution in [2.45, 2.75) is 39.5 Å². The maximum atomic E-state index is 11.9. The standard InChI is InChI=1S/C15H28N2O3S/c1-3-6-13(4-2)14(18)15(19)16-21-12-5-7-17-8-10-20-11-9-17/h13H,3-12H2,1-2H3,(H,16,19). The first-order valence-electron chi connectivity index (χ1n) is 7.95. The second kappa shape index (κ2) is 11.0. The van der Waals surface area contributed by atoms with E-state index in [4.69, 9.17) is 4.74 Å². The molecule has 1 atom stereocenters. The van der Waals surface area contributed by atoms with Gasteiger partial charge in [0, 0.05) is 24.8 Å². The molecule has 1 saturated heterocycles. The Morgan fingerprint density at radius 2 is 2.00 bits per heavy atom. The van der Waals surface area contributed by atoms with Gasteiger partial charge >= 0.3 is 0 Å². The summed E-state index contributed by atoms with van der Waals surface area (Å²) in [5.74, 6) is 0.0108. The first kappa shape index (κ1) is 18.5. The van der Waals surface area contributed by atoms with E-state index in [1.165, 1.54) is 11.9 Å². The molecule has 0 aromatic carbocycles. The van der Waals surface area contributed by atoms with Crippen LogP contribution in [0.2, 0.25) is 0 Å². The van der Waals surface area contributed by atoms with Crippen molar-refractivity contribution in [3.05, 3.63) is 0 Å². The van der Waals surface area contributed by atoms with Gasteiger partial charge in [0.25, 0.3) is 5.91 Å². The number of hydrogen-bond acceptors (Lipinski definition) is 5. The Kier molecular flexibility index (Phi) is 9.70. The largest absolute Gasteiger partial charge is 0.379 e. The summed E-state index contributed by atoms with van der Waals surface area (Å²) in [6, 6.07) is 0. The van der Waals surface area contributed by atoms with E-state index in [9.17, 15) is 9.59 Å². The first-order valence-corrected chi connectivity index (χ1v) is 8.93. The molecule has 5 nitrogen and oxygen atoms in total. The highest BCUT2D eigenvalue weighted by molar-refractivity contribution is 7.98. The molecule has 0 saturated carbocycles. The minimum atomic E-state index is -0.438. The maximum absolute atomic E-state index is 11.9. The third-order valence-electron chi connectivity index (χ3n) is 3.71. The van der Waals surface area contributed by atoms with E-state index in [2.05, 4.69) is 9.62 Å². The van der Waals surface area contributed by atoms with Gasteiger partial charge < -0.3 is 4.74 Å². The van der Waals surface area contributed by atoms with Crippen LogP contribution in [0.15, 0.2) is 0 Å². The Morgan fingerprint density at radius 3 is 2.62 bits per heavy atom. The number of hydrogen-bond donors (Lipinski definition) is 1. The number of carbonyl (C=O) groups is 2. The second-order valence-electron chi connectivity index (χ2n) is 5.35. The Hall–Kier alpha value is -0.590. The van der Waals surface area contributed by atoms with Crippen LogP contribution in [-0.2, 0) is 14.3 Å². The van der Waals surface area contributed by atoms with Gasteiger partial charge in [0.2, 0.25) is 5.78 Å². The zero-order chi connectivity index (χ0) is 15.5. The summed E-state index contributed by atoms with van der Waals surface area (Å²) >= 11 is 1.35. The summed E-state index contributed by atoms with van der Waals surface area (Å²) in [5, 5.41) is 0. The van der Waals surface area contributed by atoms with Gasteiger partial charge in [-0.05, 0) is 25.8 Å². The van der Waals surface area contributed by atoms with Crippen LogP contribution in [0, 0.1) is 5.92 Å². The van der Waals surface area contributed by atoms with E-state index >= 15 is 0 Å². The van der Waals surface area contributed by atoms with Crippen LogP contribution >= 0.6 is 11.9 Å². The minimum absolute atomic E-state index is 0.121. The number of Topliss-reactive ketones (excluding diaryl/α,β-unsaturated/α-hetero) is 1. The van der Waals surface area contributed by atoms with Crippen LogP contribution in [0.25, 0.3) is 0 Å². The van der Waals surface area contributed by atoms with E-state index in [1.54, 1.807) is 0 Å². The molecule has 0 bridgehead atoms. The normalized spacial score (nSPS) is 17.4. The van der Waals surface area contributed by atoms with E-state index in [0.717, 1.165) is 64.3 Å². The van der Waals surface area contributed by atoms with Crippen molar-refractivity contribution in [2.75, 3.05) is 38.6 Å². The van der Waals surface area contributed by atoms with E-state index in [1.807, 2.05) is 13.8 Å². The molecule has 0 aromatic heterocycles. The Labute approximate surface area is 132 Å². The second-order valence-corrected chi connectivity index (χ2v) is 6.25. The average molecular weight is 316 g/mol. The molecule has 1 fully saturated rings. The lowest BCUT2D eigenvalue weighted by atomic mass is 9.95. The van der Waals surface area contributed by atoms with Crippen molar-refractivity contribution in [3.8, 4) is 0 Å². The van der Waals surface area contributed by atoms with Crippen molar-refractivity contribution in [1.29, 1.82) is 0 Å². The van der Waals surface area contributed by atoms with E-state index in [0.29, 0.717) is 0 Å². The number of morpholine rings is 1. The topological polar surface area (TPSA) is 58.6 Å². The molecule has 1 heterocycles. The molecular weight excluding hydrogens is 288 g/mol. The third-order valence-corrected chi connectivity index (χ3v) is 4.54. The summed E-state index contributed by atoms with van der Waals surface area (Å²) in [6.07, 6.45) is 3.47. The molecular formula is C15H28N2O3S. The molecule has 1 aliphatic rings. The fraction of sp³-hybridized carbons (Fsp3) is 0.867. The van der Waals surface area contributed by atoms with Crippen molar-refractivity contribution in [2.24, 2.45) is 5.92 Å². The Balaban J connectivity index is 2.10.